The van der Waals surface area contributed by atoms with Crippen LogP contribution in [0.5, 0.6) is 0 Å². The van der Waals surface area contributed by atoms with Crippen molar-refractivity contribution in [3.63, 3.8) is 0 Å². The van der Waals surface area contributed by atoms with Crippen LogP contribution in [-0.2, 0) is 21.3 Å². The van der Waals surface area contributed by atoms with Gasteiger partial charge in [0, 0.05) is 26.7 Å². The molecule has 0 aliphatic carbocycles. The summed E-state index contributed by atoms with van der Waals surface area (Å²) in [6.45, 7) is 3.29. The minimum atomic E-state index is -3.46. The fraction of sp³-hybridized carbons (Fsp3) is 0.571. The molecule has 112 valence electrons. The van der Waals surface area contributed by atoms with E-state index in [1.165, 1.54) is 4.31 Å². The Balaban J connectivity index is 2.25. The van der Waals surface area contributed by atoms with Crippen LogP contribution in [0.3, 0.4) is 0 Å². The smallest absolute Gasteiger partial charge is 0.243 e. The fourth-order valence-electron chi connectivity index (χ4n) is 2.48. The van der Waals surface area contributed by atoms with Crippen LogP contribution in [0.4, 0.5) is 0 Å². The lowest BCUT2D eigenvalue weighted by Gasteiger charge is -2.38. The molecule has 0 amide bonds. The van der Waals surface area contributed by atoms with Crippen LogP contribution in [-0.4, -0.2) is 38.5 Å². The van der Waals surface area contributed by atoms with Gasteiger partial charge >= 0.3 is 0 Å². The third-order valence-electron chi connectivity index (χ3n) is 3.91. The van der Waals surface area contributed by atoms with Crippen molar-refractivity contribution in [3.8, 4) is 0 Å². The van der Waals surface area contributed by atoms with Gasteiger partial charge in [-0.25, -0.2) is 8.42 Å². The van der Waals surface area contributed by atoms with Gasteiger partial charge in [0.25, 0.3) is 0 Å². The normalized spacial score (nSPS) is 24.8. The minimum Gasteiger partial charge on any atom is -0.377 e. The van der Waals surface area contributed by atoms with E-state index in [9.17, 15) is 8.42 Å². The molecule has 1 saturated heterocycles. The standard InChI is InChI=1S/C14H22N2O3S/c1-14(19-2)8-3-9-16(11-14)20(17,18)13-6-4-12(10-15)5-7-13/h4-7H,3,8-11,15H2,1-2H3. The Kier molecular flexibility index (Phi) is 4.49. The maximum atomic E-state index is 12.6. The lowest BCUT2D eigenvalue weighted by atomic mass is 9.96. The van der Waals surface area contributed by atoms with Crippen LogP contribution >= 0.6 is 0 Å². The topological polar surface area (TPSA) is 72.6 Å². The summed E-state index contributed by atoms with van der Waals surface area (Å²) in [4.78, 5) is 0.315. The Morgan fingerprint density at radius 1 is 1.35 bits per heavy atom. The third kappa shape index (κ3) is 3.03. The molecule has 6 heteroatoms. The quantitative estimate of drug-likeness (QED) is 0.910. The zero-order valence-corrected chi connectivity index (χ0v) is 12.8. The van der Waals surface area contributed by atoms with E-state index in [0.717, 1.165) is 18.4 Å². The van der Waals surface area contributed by atoms with Crippen molar-refractivity contribution in [1.29, 1.82) is 0 Å². The summed E-state index contributed by atoms with van der Waals surface area (Å²) in [5.74, 6) is 0. The lowest BCUT2D eigenvalue weighted by molar-refractivity contribution is -0.0319. The first-order valence-electron chi connectivity index (χ1n) is 6.76. The monoisotopic (exact) mass is 298 g/mol. The highest BCUT2D eigenvalue weighted by Crippen LogP contribution is 2.28. The van der Waals surface area contributed by atoms with Gasteiger partial charge in [-0.2, -0.15) is 4.31 Å². The molecule has 20 heavy (non-hydrogen) atoms. The van der Waals surface area contributed by atoms with Gasteiger partial charge in [0.15, 0.2) is 0 Å². The second-order valence-corrected chi connectivity index (χ2v) is 7.38. The first kappa shape index (κ1) is 15.4. The Labute approximate surface area is 120 Å². The number of nitrogens with two attached hydrogens (primary N) is 1. The molecule has 1 unspecified atom stereocenters. The number of ether oxygens (including phenoxy) is 1. The number of rotatable bonds is 4. The van der Waals surface area contributed by atoms with Crippen molar-refractivity contribution >= 4 is 10.0 Å². The average molecular weight is 298 g/mol. The van der Waals surface area contributed by atoms with Crippen molar-refractivity contribution in [2.24, 2.45) is 5.73 Å². The summed E-state index contributed by atoms with van der Waals surface area (Å²) in [5.41, 5.74) is 6.05. The second kappa shape index (κ2) is 5.81. The molecule has 0 saturated carbocycles. The van der Waals surface area contributed by atoms with Gasteiger partial charge < -0.3 is 10.5 Å². The van der Waals surface area contributed by atoms with Crippen molar-refractivity contribution in [2.75, 3.05) is 20.2 Å². The summed E-state index contributed by atoms with van der Waals surface area (Å²) >= 11 is 0. The van der Waals surface area contributed by atoms with Gasteiger partial charge in [-0.3, -0.25) is 0 Å². The van der Waals surface area contributed by atoms with Crippen molar-refractivity contribution in [3.05, 3.63) is 29.8 Å². The van der Waals surface area contributed by atoms with Crippen LogP contribution in [0.2, 0.25) is 0 Å². The summed E-state index contributed by atoms with van der Waals surface area (Å²) in [6, 6.07) is 6.76. The third-order valence-corrected chi connectivity index (χ3v) is 5.77. The highest BCUT2D eigenvalue weighted by atomic mass is 32.2. The number of piperidine rings is 1. The second-order valence-electron chi connectivity index (χ2n) is 5.44. The van der Waals surface area contributed by atoms with Crippen LogP contribution < -0.4 is 5.73 Å². The summed E-state index contributed by atoms with van der Waals surface area (Å²) in [7, 11) is -1.82. The Hall–Kier alpha value is -0.950. The molecule has 2 rings (SSSR count). The number of hydrogen-bond acceptors (Lipinski definition) is 4. The van der Waals surface area contributed by atoms with E-state index >= 15 is 0 Å². The summed E-state index contributed by atoms with van der Waals surface area (Å²) in [5, 5.41) is 0. The molecular weight excluding hydrogens is 276 g/mol. The van der Waals surface area contributed by atoms with Crippen LogP contribution in [0, 0.1) is 0 Å². The lowest BCUT2D eigenvalue weighted by Crippen LogP contribution is -2.49. The molecule has 2 N–H and O–H groups in total. The number of sulfonamides is 1. The zero-order chi connectivity index (χ0) is 14.8. The fourth-order valence-corrected chi connectivity index (χ4v) is 4.07. The molecule has 1 aliphatic rings. The van der Waals surface area contributed by atoms with E-state index in [0.29, 0.717) is 24.5 Å². The van der Waals surface area contributed by atoms with E-state index in [1.54, 1.807) is 31.4 Å². The molecule has 1 aromatic carbocycles. The minimum absolute atomic E-state index is 0.315. The number of hydrogen-bond donors (Lipinski definition) is 1. The molecular formula is C14H22N2O3S. The number of benzene rings is 1. The van der Waals surface area contributed by atoms with Crippen LogP contribution in [0.15, 0.2) is 29.2 Å². The van der Waals surface area contributed by atoms with E-state index in [1.807, 2.05) is 6.92 Å². The molecule has 1 heterocycles. The molecule has 0 bridgehead atoms. The molecule has 0 radical (unpaired) electrons. The molecule has 1 aromatic rings. The Morgan fingerprint density at radius 3 is 2.55 bits per heavy atom. The van der Waals surface area contributed by atoms with Crippen molar-refractivity contribution in [2.45, 2.75) is 36.8 Å². The zero-order valence-electron chi connectivity index (χ0n) is 12.0. The number of methoxy groups -OCH3 is 1. The van der Waals surface area contributed by atoms with E-state index < -0.39 is 15.6 Å². The molecule has 0 aromatic heterocycles. The number of nitrogens with zero attached hydrogens (tertiary/aromatic N) is 1. The predicted molar refractivity (Wildman–Crippen MR) is 77.7 cm³/mol. The molecule has 0 spiro atoms. The molecule has 1 fully saturated rings. The Morgan fingerprint density at radius 2 is 2.00 bits per heavy atom. The van der Waals surface area contributed by atoms with Crippen molar-refractivity contribution in [1.82, 2.24) is 4.31 Å². The largest absolute Gasteiger partial charge is 0.377 e. The van der Waals surface area contributed by atoms with Crippen LogP contribution in [0.25, 0.3) is 0 Å². The van der Waals surface area contributed by atoms with Gasteiger partial charge in [-0.15, -0.1) is 0 Å². The van der Waals surface area contributed by atoms with Gasteiger partial charge in [0.2, 0.25) is 10.0 Å². The SMILES string of the molecule is COC1(C)CCCN(S(=O)(=O)c2ccc(CN)cc2)C1. The van der Waals surface area contributed by atoms with Crippen LogP contribution in [0.1, 0.15) is 25.3 Å². The summed E-state index contributed by atoms with van der Waals surface area (Å²) in [6.07, 6.45) is 1.69. The Bertz CT molecular complexity index is 556. The first-order valence-corrected chi connectivity index (χ1v) is 8.20. The average Bonchev–Trinajstić information content (AvgIpc) is 2.47. The molecule has 1 atom stereocenters. The van der Waals surface area contributed by atoms with Gasteiger partial charge in [0.1, 0.15) is 0 Å². The van der Waals surface area contributed by atoms with Crippen molar-refractivity contribution < 1.29 is 13.2 Å². The van der Waals surface area contributed by atoms with E-state index in [2.05, 4.69) is 0 Å². The van der Waals surface area contributed by atoms with Gasteiger partial charge in [0.05, 0.1) is 10.5 Å². The first-order chi connectivity index (χ1) is 9.41. The molecule has 1 aliphatic heterocycles. The highest BCUT2D eigenvalue weighted by molar-refractivity contribution is 7.89. The van der Waals surface area contributed by atoms with Gasteiger partial charge in [-0.1, -0.05) is 12.1 Å². The highest BCUT2D eigenvalue weighted by Gasteiger charge is 2.36. The van der Waals surface area contributed by atoms with E-state index in [-0.39, 0.29) is 0 Å². The predicted octanol–water partition coefficient (Wildman–Crippen LogP) is 1.33. The molecule has 5 nitrogen and oxygen atoms in total. The van der Waals surface area contributed by atoms with Gasteiger partial charge in [-0.05, 0) is 37.5 Å². The maximum Gasteiger partial charge on any atom is 0.243 e. The van der Waals surface area contributed by atoms with E-state index in [4.69, 9.17) is 10.5 Å². The summed E-state index contributed by atoms with van der Waals surface area (Å²) < 4.78 is 32.2. The maximum absolute atomic E-state index is 12.6.